The van der Waals surface area contributed by atoms with Crippen LogP contribution < -0.4 is 15.4 Å². The fourth-order valence-corrected chi connectivity index (χ4v) is 3.89. The Morgan fingerprint density at radius 3 is 2.80 bits per heavy atom. The predicted octanol–water partition coefficient (Wildman–Crippen LogP) is 4.55. The second-order valence-corrected chi connectivity index (χ2v) is 8.59. The van der Waals surface area contributed by atoms with Gasteiger partial charge in [-0.05, 0) is 55.7 Å². The number of nitrogens with one attached hydrogen (secondary N) is 2. The van der Waals surface area contributed by atoms with Crippen molar-refractivity contribution in [3.63, 3.8) is 0 Å². The van der Waals surface area contributed by atoms with Gasteiger partial charge in [-0.2, -0.15) is 0 Å². The van der Waals surface area contributed by atoms with Crippen molar-refractivity contribution in [2.75, 3.05) is 25.5 Å². The van der Waals surface area contributed by atoms with E-state index in [1.54, 1.807) is 18.1 Å². The molecule has 0 aromatic heterocycles. The molecule has 1 atom stereocenters. The van der Waals surface area contributed by atoms with Crippen molar-refractivity contribution in [2.24, 2.45) is 5.41 Å². The number of methoxy groups -OCH3 is 1. The summed E-state index contributed by atoms with van der Waals surface area (Å²) >= 11 is 3.19. The highest BCUT2D eigenvalue weighted by molar-refractivity contribution is 9.10. The second kappa shape index (κ2) is 9.47. The minimum atomic E-state index is -0.716. The van der Waals surface area contributed by atoms with Gasteiger partial charge < -0.3 is 20.3 Å². The molecule has 0 spiro atoms. The molecule has 30 heavy (non-hydrogen) atoms. The topological polar surface area (TPSA) is 70.7 Å². The molecule has 1 aliphatic rings. The third-order valence-electron chi connectivity index (χ3n) is 5.29. The average Bonchev–Trinajstić information content (AvgIpc) is 2.74. The molecule has 0 saturated carbocycles. The Hall–Kier alpha value is -2.61. The van der Waals surface area contributed by atoms with Gasteiger partial charge in [0.25, 0.3) is 0 Å². The average molecular weight is 478 g/mol. The number of likely N-dealkylation sites (tertiary alicyclic amines) is 1. The van der Waals surface area contributed by atoms with Gasteiger partial charge in [-0.25, -0.2) is 9.18 Å². The van der Waals surface area contributed by atoms with Crippen LogP contribution in [0.2, 0.25) is 0 Å². The summed E-state index contributed by atoms with van der Waals surface area (Å²) in [6.45, 7) is 3.01. The Morgan fingerprint density at radius 2 is 2.07 bits per heavy atom. The van der Waals surface area contributed by atoms with E-state index in [0.717, 1.165) is 11.3 Å². The first-order chi connectivity index (χ1) is 14.3. The molecule has 0 aliphatic carbocycles. The first kappa shape index (κ1) is 22.1. The largest absolute Gasteiger partial charge is 0.497 e. The van der Waals surface area contributed by atoms with Gasteiger partial charge in [-0.15, -0.1) is 0 Å². The van der Waals surface area contributed by atoms with E-state index in [-0.39, 0.29) is 18.1 Å². The fraction of sp³-hybridized carbons (Fsp3) is 0.364. The summed E-state index contributed by atoms with van der Waals surface area (Å²) in [4.78, 5) is 27.1. The number of amides is 3. The minimum absolute atomic E-state index is 0.109. The van der Waals surface area contributed by atoms with Crippen LogP contribution in [0.25, 0.3) is 0 Å². The molecule has 0 bridgehead atoms. The van der Waals surface area contributed by atoms with Gasteiger partial charge in [0, 0.05) is 24.1 Å². The summed E-state index contributed by atoms with van der Waals surface area (Å²) in [5.74, 6) is 0.0971. The van der Waals surface area contributed by atoms with Crippen LogP contribution in [-0.4, -0.2) is 37.0 Å². The molecule has 8 heteroatoms. The summed E-state index contributed by atoms with van der Waals surface area (Å²) in [6, 6.07) is 11.5. The van der Waals surface area contributed by atoms with Crippen LogP contribution in [0, 0.1) is 11.2 Å². The second-order valence-electron chi connectivity index (χ2n) is 7.67. The number of carbonyl (C=O) groups is 2. The molecular weight excluding hydrogens is 453 g/mol. The van der Waals surface area contributed by atoms with E-state index in [4.69, 9.17) is 4.74 Å². The molecule has 1 aliphatic heterocycles. The quantitative estimate of drug-likeness (QED) is 0.663. The number of ether oxygens (including phenoxy) is 1. The Balaban J connectivity index is 1.61. The minimum Gasteiger partial charge on any atom is -0.497 e. The van der Waals surface area contributed by atoms with E-state index in [0.29, 0.717) is 30.4 Å². The van der Waals surface area contributed by atoms with Crippen molar-refractivity contribution < 1.29 is 18.7 Å². The number of urea groups is 1. The van der Waals surface area contributed by atoms with E-state index in [1.165, 1.54) is 12.1 Å². The van der Waals surface area contributed by atoms with E-state index in [2.05, 4.69) is 26.6 Å². The summed E-state index contributed by atoms with van der Waals surface area (Å²) < 4.78 is 19.8. The van der Waals surface area contributed by atoms with Crippen LogP contribution in [0.1, 0.15) is 25.3 Å². The van der Waals surface area contributed by atoms with Crippen LogP contribution in [0.5, 0.6) is 5.75 Å². The van der Waals surface area contributed by atoms with Crippen molar-refractivity contribution in [2.45, 2.75) is 26.3 Å². The molecule has 3 rings (SSSR count). The van der Waals surface area contributed by atoms with Gasteiger partial charge >= 0.3 is 6.03 Å². The van der Waals surface area contributed by atoms with E-state index in [1.807, 2.05) is 31.2 Å². The van der Waals surface area contributed by atoms with Gasteiger partial charge in [-0.1, -0.05) is 28.1 Å². The van der Waals surface area contributed by atoms with Crippen molar-refractivity contribution in [1.29, 1.82) is 0 Å². The maximum Gasteiger partial charge on any atom is 0.321 e. The smallest absolute Gasteiger partial charge is 0.321 e. The van der Waals surface area contributed by atoms with Crippen molar-refractivity contribution >= 4 is 33.6 Å². The number of nitrogens with zero attached hydrogens (tertiary/aromatic N) is 1. The maximum absolute atomic E-state index is 14.0. The Morgan fingerprint density at radius 1 is 1.27 bits per heavy atom. The normalized spacial score (nSPS) is 18.6. The third-order valence-corrected chi connectivity index (χ3v) is 5.79. The summed E-state index contributed by atoms with van der Waals surface area (Å²) in [7, 11) is 1.60. The Labute approximate surface area is 183 Å². The van der Waals surface area contributed by atoms with Crippen LogP contribution >= 0.6 is 15.9 Å². The highest BCUT2D eigenvalue weighted by atomic mass is 79.9. The van der Waals surface area contributed by atoms with Crippen LogP contribution in [0.3, 0.4) is 0 Å². The summed E-state index contributed by atoms with van der Waals surface area (Å²) in [5, 5.41) is 5.57. The molecule has 2 N–H and O–H groups in total. The number of benzene rings is 2. The number of halogens is 2. The molecule has 3 amide bonds. The van der Waals surface area contributed by atoms with Crippen LogP contribution in [-0.2, 0) is 11.3 Å². The van der Waals surface area contributed by atoms with Crippen molar-refractivity contribution in [1.82, 2.24) is 10.2 Å². The number of hydrogen-bond donors (Lipinski definition) is 2. The maximum atomic E-state index is 14.0. The first-order valence-corrected chi connectivity index (χ1v) is 10.5. The van der Waals surface area contributed by atoms with Crippen LogP contribution in [0.15, 0.2) is 46.9 Å². The monoisotopic (exact) mass is 477 g/mol. The van der Waals surface area contributed by atoms with Gasteiger partial charge in [0.2, 0.25) is 5.91 Å². The molecule has 1 heterocycles. The molecular formula is C22H25BrFN3O3. The third kappa shape index (κ3) is 5.30. The Bertz CT molecular complexity index is 940. The molecule has 0 unspecified atom stereocenters. The lowest BCUT2D eigenvalue weighted by atomic mass is 9.81. The zero-order chi connectivity index (χ0) is 21.7. The highest BCUT2D eigenvalue weighted by Crippen LogP contribution is 2.30. The molecule has 160 valence electrons. The van der Waals surface area contributed by atoms with Crippen LogP contribution in [0.4, 0.5) is 14.9 Å². The zero-order valence-corrected chi connectivity index (χ0v) is 18.6. The van der Waals surface area contributed by atoms with E-state index >= 15 is 0 Å². The fourth-order valence-electron chi connectivity index (χ4n) is 3.56. The number of piperidine rings is 1. The molecule has 2 aromatic carbocycles. The molecule has 6 nitrogen and oxygen atoms in total. The van der Waals surface area contributed by atoms with Gasteiger partial charge in [0.05, 0.1) is 18.2 Å². The standard InChI is InChI=1S/C22H25BrFN3O3/c1-22(20(28)25-13-15-5-3-6-17(11-15)30-2)9-4-10-27(14-22)21(29)26-19-8-7-16(23)12-18(19)24/h3,5-8,11-12H,4,9-10,13-14H2,1-2H3,(H,25,28)(H,26,29)/t22-/m1/s1. The molecule has 1 saturated heterocycles. The van der Waals surface area contributed by atoms with Crippen molar-refractivity contribution in [3.05, 3.63) is 58.3 Å². The number of carbonyl (C=O) groups excluding carboxylic acids is 2. The number of anilines is 1. The lowest BCUT2D eigenvalue weighted by molar-refractivity contribution is -0.132. The van der Waals surface area contributed by atoms with Gasteiger partial charge in [0.1, 0.15) is 11.6 Å². The van der Waals surface area contributed by atoms with Gasteiger partial charge in [-0.3, -0.25) is 4.79 Å². The lowest BCUT2D eigenvalue weighted by Crippen LogP contribution is -2.52. The van der Waals surface area contributed by atoms with Gasteiger partial charge in [0.15, 0.2) is 0 Å². The molecule has 0 radical (unpaired) electrons. The lowest BCUT2D eigenvalue weighted by Gasteiger charge is -2.39. The predicted molar refractivity (Wildman–Crippen MR) is 117 cm³/mol. The first-order valence-electron chi connectivity index (χ1n) is 9.73. The molecule has 2 aromatic rings. The van der Waals surface area contributed by atoms with Crippen molar-refractivity contribution in [3.8, 4) is 5.75 Å². The summed E-state index contributed by atoms with van der Waals surface area (Å²) in [6.07, 6.45) is 1.37. The zero-order valence-electron chi connectivity index (χ0n) is 17.0. The SMILES string of the molecule is COc1cccc(CNC(=O)[C@]2(C)CCCN(C(=O)Nc3ccc(Br)cc3F)C2)c1. The summed E-state index contributed by atoms with van der Waals surface area (Å²) in [5.41, 5.74) is 0.326. The number of hydrogen-bond acceptors (Lipinski definition) is 3. The van der Waals surface area contributed by atoms with E-state index < -0.39 is 17.3 Å². The molecule has 1 fully saturated rings. The highest BCUT2D eigenvalue weighted by Gasteiger charge is 2.39. The number of rotatable bonds is 5. The Kier molecular flexibility index (Phi) is 6.97. The van der Waals surface area contributed by atoms with E-state index in [9.17, 15) is 14.0 Å².